The summed E-state index contributed by atoms with van der Waals surface area (Å²) in [6.07, 6.45) is 0.481. The molecule has 1 unspecified atom stereocenters. The number of piperidine rings is 1. The molecule has 2 amide bonds. The van der Waals surface area contributed by atoms with Crippen LogP contribution in [-0.4, -0.2) is 48.7 Å². The molecular weight excluding hydrogens is 374 g/mol. The third-order valence-corrected chi connectivity index (χ3v) is 5.80. The van der Waals surface area contributed by atoms with Gasteiger partial charge in [0.15, 0.2) is 0 Å². The lowest BCUT2D eigenvalue weighted by atomic mass is 9.78. The molecule has 0 radical (unpaired) electrons. The summed E-state index contributed by atoms with van der Waals surface area (Å²) in [5.41, 5.74) is 7.40. The first-order chi connectivity index (χ1) is 11.4. The van der Waals surface area contributed by atoms with Gasteiger partial charge in [-0.2, -0.15) is 0 Å². The van der Waals surface area contributed by atoms with Gasteiger partial charge in [-0.15, -0.1) is 0 Å². The van der Waals surface area contributed by atoms with Gasteiger partial charge in [0, 0.05) is 29.0 Å². The molecule has 2 aliphatic rings. The molecule has 0 aromatic heterocycles. The lowest BCUT2D eigenvalue weighted by Crippen LogP contribution is -2.57. The van der Waals surface area contributed by atoms with Gasteiger partial charge in [0.25, 0.3) is 0 Å². The Hall–Kier alpha value is -1.76. The summed E-state index contributed by atoms with van der Waals surface area (Å²) in [5.74, 6) is -0.242. The molecule has 0 aliphatic carbocycles. The van der Waals surface area contributed by atoms with Crippen molar-refractivity contribution in [3.63, 3.8) is 0 Å². The fraction of sp³-hybridized carbons (Fsp3) is 0.529. The molecule has 0 spiro atoms. The number of likely N-dealkylation sites (tertiary alicyclic amines) is 1. The van der Waals surface area contributed by atoms with Crippen LogP contribution in [0.4, 0.5) is 10.5 Å². The Morgan fingerprint density at radius 2 is 2.21 bits per heavy atom. The average molecular weight is 396 g/mol. The second-order valence-electron chi connectivity index (χ2n) is 6.53. The molecule has 0 saturated carbocycles. The quantitative estimate of drug-likeness (QED) is 0.852. The Morgan fingerprint density at radius 3 is 2.88 bits per heavy atom. The Kier molecular flexibility index (Phi) is 4.46. The van der Waals surface area contributed by atoms with Crippen LogP contribution in [0.1, 0.15) is 31.7 Å². The lowest BCUT2D eigenvalue weighted by Gasteiger charge is -2.46. The number of nitrogens with zero attached hydrogens (tertiary/aromatic N) is 2. The number of rotatable bonds is 3. The summed E-state index contributed by atoms with van der Waals surface area (Å²) in [5, 5.41) is 0. The fourth-order valence-electron chi connectivity index (χ4n) is 3.95. The van der Waals surface area contributed by atoms with Gasteiger partial charge in [0.1, 0.15) is 0 Å². The van der Waals surface area contributed by atoms with Gasteiger partial charge in [-0.05, 0) is 47.8 Å². The van der Waals surface area contributed by atoms with Crippen LogP contribution < -0.4 is 10.6 Å². The first-order valence-corrected chi connectivity index (χ1v) is 8.94. The van der Waals surface area contributed by atoms with Gasteiger partial charge in [-0.1, -0.05) is 12.1 Å². The normalized spacial score (nSPS) is 25.2. The highest BCUT2D eigenvalue weighted by molar-refractivity contribution is 9.10. The zero-order chi connectivity index (χ0) is 17.5. The Labute approximate surface area is 150 Å². The highest BCUT2D eigenvalue weighted by Crippen LogP contribution is 2.53. The minimum Gasteiger partial charge on any atom is -0.450 e. The van der Waals surface area contributed by atoms with Crippen molar-refractivity contribution >= 4 is 33.6 Å². The molecule has 7 heteroatoms. The van der Waals surface area contributed by atoms with Gasteiger partial charge in [-0.3, -0.25) is 4.79 Å². The van der Waals surface area contributed by atoms with E-state index in [1.165, 1.54) is 0 Å². The van der Waals surface area contributed by atoms with Crippen LogP contribution in [0.2, 0.25) is 0 Å². The van der Waals surface area contributed by atoms with Crippen molar-refractivity contribution in [2.45, 2.75) is 31.7 Å². The molecule has 1 aromatic carbocycles. The lowest BCUT2D eigenvalue weighted by molar-refractivity contribution is -0.117. The van der Waals surface area contributed by atoms with Crippen LogP contribution in [0.15, 0.2) is 22.7 Å². The number of fused-ring (bicyclic) bond motifs is 3. The molecule has 2 atom stereocenters. The number of benzene rings is 1. The monoisotopic (exact) mass is 395 g/mol. The average Bonchev–Trinajstić information content (AvgIpc) is 2.77. The molecule has 130 valence electrons. The molecule has 3 rings (SSSR count). The Balaban J connectivity index is 1.99. The molecule has 2 heterocycles. The summed E-state index contributed by atoms with van der Waals surface area (Å²) in [7, 11) is 0. The molecule has 2 aliphatic heterocycles. The predicted molar refractivity (Wildman–Crippen MR) is 95.0 cm³/mol. The highest BCUT2D eigenvalue weighted by Gasteiger charge is 2.52. The van der Waals surface area contributed by atoms with E-state index < -0.39 is 0 Å². The number of nitrogens with two attached hydrogens (primary N) is 1. The van der Waals surface area contributed by atoms with Crippen molar-refractivity contribution < 1.29 is 14.3 Å². The van der Waals surface area contributed by atoms with Crippen LogP contribution in [0.5, 0.6) is 0 Å². The van der Waals surface area contributed by atoms with E-state index in [9.17, 15) is 9.59 Å². The van der Waals surface area contributed by atoms with Gasteiger partial charge in [-0.25, -0.2) is 4.79 Å². The van der Waals surface area contributed by atoms with Crippen molar-refractivity contribution in [1.29, 1.82) is 0 Å². The molecule has 6 nitrogen and oxygen atoms in total. The summed E-state index contributed by atoms with van der Waals surface area (Å²) < 4.78 is 6.10. The van der Waals surface area contributed by atoms with Crippen LogP contribution >= 0.6 is 15.9 Å². The van der Waals surface area contributed by atoms with Crippen LogP contribution in [0.25, 0.3) is 0 Å². The van der Waals surface area contributed by atoms with Crippen molar-refractivity contribution in [2.24, 2.45) is 5.73 Å². The molecule has 1 saturated heterocycles. The van der Waals surface area contributed by atoms with E-state index in [0.717, 1.165) is 22.1 Å². The number of primary amides is 1. The number of ether oxygens (including phenoxy) is 1. The summed E-state index contributed by atoms with van der Waals surface area (Å²) in [6, 6.07) is 6.02. The largest absolute Gasteiger partial charge is 0.450 e. The zero-order valence-electron chi connectivity index (χ0n) is 13.9. The maximum Gasteiger partial charge on any atom is 0.409 e. The van der Waals surface area contributed by atoms with Gasteiger partial charge in [0.2, 0.25) is 5.91 Å². The maximum atomic E-state index is 12.1. The summed E-state index contributed by atoms with van der Waals surface area (Å²) in [6.45, 7) is 5.67. The molecule has 1 aromatic rings. The van der Waals surface area contributed by atoms with E-state index in [1.54, 1.807) is 4.90 Å². The molecule has 24 heavy (non-hydrogen) atoms. The number of halogens is 1. The number of hydrogen-bond acceptors (Lipinski definition) is 4. The van der Waals surface area contributed by atoms with Crippen LogP contribution in [0.3, 0.4) is 0 Å². The number of carbonyl (C=O) groups is 2. The molecule has 1 fully saturated rings. The minimum atomic E-state index is -0.355. The second kappa shape index (κ2) is 6.27. The van der Waals surface area contributed by atoms with Gasteiger partial charge >= 0.3 is 6.09 Å². The first kappa shape index (κ1) is 17.1. The number of carbonyl (C=O) groups excluding carboxylic acids is 2. The standard InChI is InChI=1S/C17H22BrN3O3/c1-3-24-16(23)20-8-7-17(2)12(9-20)11-5-4-6-13(18)15(11)21(17)10-14(19)22/h4-6,12H,3,7-10H2,1-2H3,(H2,19,22)/t12?,17-/m0/s1. The summed E-state index contributed by atoms with van der Waals surface area (Å²) >= 11 is 3.61. The third-order valence-electron chi connectivity index (χ3n) is 5.16. The van der Waals surface area contributed by atoms with Crippen molar-refractivity contribution in [2.75, 3.05) is 31.1 Å². The number of para-hydroxylation sites is 1. The first-order valence-electron chi connectivity index (χ1n) is 8.14. The van der Waals surface area contributed by atoms with E-state index in [-0.39, 0.29) is 30.0 Å². The Morgan fingerprint density at radius 1 is 1.46 bits per heavy atom. The SMILES string of the molecule is CCOC(=O)N1CC[C@@]2(C)C(C1)c1cccc(Br)c1N2CC(N)=O. The Bertz CT molecular complexity index is 681. The van der Waals surface area contributed by atoms with Crippen molar-refractivity contribution in [1.82, 2.24) is 4.90 Å². The van der Waals surface area contributed by atoms with E-state index in [4.69, 9.17) is 10.5 Å². The fourth-order valence-corrected chi connectivity index (χ4v) is 4.55. The smallest absolute Gasteiger partial charge is 0.409 e. The van der Waals surface area contributed by atoms with Crippen molar-refractivity contribution in [3.8, 4) is 0 Å². The minimum absolute atomic E-state index is 0.113. The topological polar surface area (TPSA) is 75.9 Å². The third kappa shape index (κ3) is 2.64. The highest BCUT2D eigenvalue weighted by atomic mass is 79.9. The van der Waals surface area contributed by atoms with Crippen LogP contribution in [0, 0.1) is 0 Å². The summed E-state index contributed by atoms with van der Waals surface area (Å²) in [4.78, 5) is 27.6. The zero-order valence-corrected chi connectivity index (χ0v) is 15.5. The van der Waals surface area contributed by atoms with Crippen LogP contribution in [-0.2, 0) is 9.53 Å². The van der Waals surface area contributed by atoms with E-state index in [2.05, 4.69) is 33.8 Å². The number of amides is 2. The number of hydrogen-bond donors (Lipinski definition) is 1. The number of anilines is 1. The maximum absolute atomic E-state index is 12.1. The second-order valence-corrected chi connectivity index (χ2v) is 7.39. The predicted octanol–water partition coefficient (Wildman–Crippen LogP) is 2.46. The van der Waals surface area contributed by atoms with E-state index in [0.29, 0.717) is 19.7 Å². The van der Waals surface area contributed by atoms with Gasteiger partial charge < -0.3 is 20.3 Å². The van der Waals surface area contributed by atoms with E-state index in [1.807, 2.05) is 19.1 Å². The van der Waals surface area contributed by atoms with Crippen molar-refractivity contribution in [3.05, 3.63) is 28.2 Å². The van der Waals surface area contributed by atoms with E-state index >= 15 is 0 Å². The van der Waals surface area contributed by atoms with Gasteiger partial charge in [0.05, 0.1) is 18.8 Å². The molecular formula is C17H22BrN3O3. The molecule has 2 N–H and O–H groups in total. The molecule has 0 bridgehead atoms.